The van der Waals surface area contributed by atoms with Crippen LogP contribution < -0.4 is 0 Å². The van der Waals surface area contributed by atoms with Crippen molar-refractivity contribution in [2.24, 2.45) is 0 Å². The lowest BCUT2D eigenvalue weighted by molar-refractivity contribution is -0.144. The maximum Gasteiger partial charge on any atom is 0.324 e. The molecule has 0 amide bonds. The minimum Gasteiger partial charge on any atom is -0.465 e. The molecule has 0 aliphatic carbocycles. The Kier molecular flexibility index (Phi) is 3.24. The Hall–Kier alpha value is 0.0500. The number of hydrogen-bond acceptors (Lipinski definition) is 2. The molecule has 2 atom stereocenters. The molecule has 12 heavy (non-hydrogen) atoms. The Labute approximate surface area is 82.2 Å². The Morgan fingerprint density at radius 1 is 1.67 bits per heavy atom. The zero-order valence-electron chi connectivity index (χ0n) is 6.98. The van der Waals surface area contributed by atoms with E-state index in [4.69, 9.17) is 27.9 Å². The summed E-state index contributed by atoms with van der Waals surface area (Å²) < 4.78 is 4.86. The summed E-state index contributed by atoms with van der Waals surface area (Å²) >= 11 is 11.9. The van der Waals surface area contributed by atoms with E-state index in [2.05, 4.69) is 0 Å². The number of esters is 1. The van der Waals surface area contributed by atoms with Crippen LogP contribution in [0, 0.1) is 0 Å². The molecule has 1 rings (SSSR count). The first-order valence-electron chi connectivity index (χ1n) is 4.01. The van der Waals surface area contributed by atoms with Crippen LogP contribution in [0.5, 0.6) is 0 Å². The van der Waals surface area contributed by atoms with E-state index in [1.54, 1.807) is 0 Å². The highest BCUT2D eigenvalue weighted by molar-refractivity contribution is 6.31. The van der Waals surface area contributed by atoms with Crippen LogP contribution in [0.3, 0.4) is 0 Å². The molecule has 0 spiro atoms. The SMILES string of the molecule is C[C@]1(Cl)CCCOC(=O)[C@H](Cl)C1. The average Bonchev–Trinajstić information content (AvgIpc) is 1.95. The molecule has 0 radical (unpaired) electrons. The zero-order chi connectivity index (χ0) is 9.19. The van der Waals surface area contributed by atoms with Gasteiger partial charge in [-0.2, -0.15) is 0 Å². The first kappa shape index (κ1) is 10.1. The molecule has 1 saturated heterocycles. The summed E-state index contributed by atoms with van der Waals surface area (Å²) in [6.07, 6.45) is 2.13. The van der Waals surface area contributed by atoms with Crippen molar-refractivity contribution in [2.75, 3.05) is 6.61 Å². The fraction of sp³-hybridized carbons (Fsp3) is 0.875. The highest BCUT2D eigenvalue weighted by Gasteiger charge is 2.31. The second-order valence-electron chi connectivity index (χ2n) is 3.36. The summed E-state index contributed by atoms with van der Waals surface area (Å²) in [4.78, 5) is 10.7. The third-order valence-electron chi connectivity index (χ3n) is 1.95. The number of hydrogen-bond donors (Lipinski definition) is 0. The molecule has 70 valence electrons. The molecule has 0 aromatic heterocycles. The van der Waals surface area contributed by atoms with Crippen molar-refractivity contribution in [1.29, 1.82) is 0 Å². The molecule has 0 aromatic carbocycles. The van der Waals surface area contributed by atoms with Gasteiger partial charge in [-0.25, -0.2) is 0 Å². The molecule has 0 unspecified atom stereocenters. The summed E-state index contributed by atoms with van der Waals surface area (Å²) in [6, 6.07) is 0. The molecule has 1 fully saturated rings. The predicted octanol–water partition coefficient (Wildman–Crippen LogP) is 2.32. The number of halogens is 2. The van der Waals surface area contributed by atoms with Gasteiger partial charge in [0.05, 0.1) is 6.61 Å². The van der Waals surface area contributed by atoms with Gasteiger partial charge >= 0.3 is 5.97 Å². The van der Waals surface area contributed by atoms with Crippen LogP contribution in [0.1, 0.15) is 26.2 Å². The normalized spacial score (nSPS) is 38.2. The number of carbonyl (C=O) groups is 1. The molecule has 1 aliphatic rings. The number of carbonyl (C=O) groups excluding carboxylic acids is 1. The number of cyclic esters (lactones) is 1. The molecule has 0 aromatic rings. The second kappa shape index (κ2) is 3.84. The maximum atomic E-state index is 11.0. The highest BCUT2D eigenvalue weighted by Crippen LogP contribution is 2.30. The van der Waals surface area contributed by atoms with E-state index in [0.29, 0.717) is 13.0 Å². The van der Waals surface area contributed by atoms with Crippen molar-refractivity contribution in [2.45, 2.75) is 36.4 Å². The van der Waals surface area contributed by atoms with Crippen LogP contribution in [0.15, 0.2) is 0 Å². The molecule has 1 aliphatic heterocycles. The summed E-state index contributed by atoms with van der Waals surface area (Å²) in [5.74, 6) is -0.344. The number of alkyl halides is 2. The monoisotopic (exact) mass is 210 g/mol. The average molecular weight is 211 g/mol. The van der Waals surface area contributed by atoms with Crippen LogP contribution in [0.2, 0.25) is 0 Å². The Morgan fingerprint density at radius 3 is 3.00 bits per heavy atom. The standard InChI is InChI=1S/C8H12Cl2O2/c1-8(10)3-2-4-12-7(11)6(9)5-8/h6H,2-5H2,1H3/t6-,8+/m1/s1. The third-order valence-corrected chi connectivity index (χ3v) is 2.62. The molecule has 1 heterocycles. The quantitative estimate of drug-likeness (QED) is 0.454. The van der Waals surface area contributed by atoms with E-state index >= 15 is 0 Å². The topological polar surface area (TPSA) is 26.3 Å². The Balaban J connectivity index is 2.59. The van der Waals surface area contributed by atoms with E-state index in [-0.39, 0.29) is 10.8 Å². The minimum atomic E-state index is -0.590. The fourth-order valence-electron chi connectivity index (χ4n) is 1.26. The van der Waals surface area contributed by atoms with Gasteiger partial charge in [-0.05, 0) is 26.2 Å². The van der Waals surface area contributed by atoms with Crippen molar-refractivity contribution in [1.82, 2.24) is 0 Å². The van der Waals surface area contributed by atoms with Crippen molar-refractivity contribution in [3.63, 3.8) is 0 Å². The van der Waals surface area contributed by atoms with Gasteiger partial charge in [0.2, 0.25) is 0 Å². The Bertz CT molecular complexity index is 180. The minimum absolute atomic E-state index is 0.344. The summed E-state index contributed by atoms with van der Waals surface area (Å²) in [5.41, 5.74) is 0. The molecular weight excluding hydrogens is 199 g/mol. The highest BCUT2D eigenvalue weighted by atomic mass is 35.5. The van der Waals surface area contributed by atoms with Gasteiger partial charge in [0.25, 0.3) is 0 Å². The number of ether oxygens (including phenoxy) is 1. The van der Waals surface area contributed by atoms with E-state index in [1.807, 2.05) is 6.92 Å². The van der Waals surface area contributed by atoms with E-state index in [1.165, 1.54) is 0 Å². The first-order valence-corrected chi connectivity index (χ1v) is 4.82. The van der Waals surface area contributed by atoms with E-state index in [0.717, 1.165) is 12.8 Å². The van der Waals surface area contributed by atoms with Crippen LogP contribution in [-0.2, 0) is 9.53 Å². The predicted molar refractivity (Wildman–Crippen MR) is 48.7 cm³/mol. The van der Waals surface area contributed by atoms with Gasteiger partial charge in [0, 0.05) is 4.87 Å². The summed E-state index contributed by atoms with van der Waals surface area (Å²) in [5, 5.41) is -0.590. The fourth-order valence-corrected chi connectivity index (χ4v) is 2.03. The molecule has 0 bridgehead atoms. The van der Waals surface area contributed by atoms with Gasteiger partial charge in [-0.15, -0.1) is 23.2 Å². The largest absolute Gasteiger partial charge is 0.465 e. The van der Waals surface area contributed by atoms with Gasteiger partial charge < -0.3 is 4.74 Å². The lowest BCUT2D eigenvalue weighted by atomic mass is 9.98. The molecular formula is C8H12Cl2O2. The van der Waals surface area contributed by atoms with Gasteiger partial charge in [-0.1, -0.05) is 0 Å². The van der Waals surface area contributed by atoms with Crippen LogP contribution in [0.4, 0.5) is 0 Å². The smallest absolute Gasteiger partial charge is 0.324 e. The van der Waals surface area contributed by atoms with Crippen molar-refractivity contribution in [3.05, 3.63) is 0 Å². The third kappa shape index (κ3) is 2.83. The molecule has 0 saturated carbocycles. The van der Waals surface area contributed by atoms with Crippen LogP contribution >= 0.6 is 23.2 Å². The van der Waals surface area contributed by atoms with E-state index < -0.39 is 5.38 Å². The second-order valence-corrected chi connectivity index (χ2v) is 4.80. The van der Waals surface area contributed by atoms with Gasteiger partial charge in [-0.3, -0.25) is 4.79 Å². The molecule has 0 N–H and O–H groups in total. The zero-order valence-corrected chi connectivity index (χ0v) is 8.49. The number of rotatable bonds is 0. The summed E-state index contributed by atoms with van der Waals surface area (Å²) in [6.45, 7) is 2.34. The lowest BCUT2D eigenvalue weighted by Crippen LogP contribution is -2.31. The van der Waals surface area contributed by atoms with Crippen molar-refractivity contribution < 1.29 is 9.53 Å². The summed E-state index contributed by atoms with van der Waals surface area (Å²) in [7, 11) is 0. The van der Waals surface area contributed by atoms with Gasteiger partial charge in [0.1, 0.15) is 5.38 Å². The Morgan fingerprint density at radius 2 is 2.33 bits per heavy atom. The first-order chi connectivity index (χ1) is 5.51. The maximum absolute atomic E-state index is 11.0. The van der Waals surface area contributed by atoms with Crippen LogP contribution in [-0.4, -0.2) is 22.8 Å². The van der Waals surface area contributed by atoms with Crippen molar-refractivity contribution >= 4 is 29.2 Å². The van der Waals surface area contributed by atoms with Gasteiger partial charge in [0.15, 0.2) is 0 Å². The van der Waals surface area contributed by atoms with E-state index in [9.17, 15) is 4.79 Å². The molecule has 2 nitrogen and oxygen atoms in total. The van der Waals surface area contributed by atoms with Crippen molar-refractivity contribution in [3.8, 4) is 0 Å². The lowest BCUT2D eigenvalue weighted by Gasteiger charge is -2.26. The molecule has 4 heteroatoms. The van der Waals surface area contributed by atoms with Crippen LogP contribution in [0.25, 0.3) is 0 Å².